The Morgan fingerprint density at radius 3 is 2.71 bits per heavy atom. The van der Waals surface area contributed by atoms with Crippen molar-refractivity contribution < 1.29 is 24.2 Å². The third kappa shape index (κ3) is 4.32. The number of carboxylic acid groups (broad SMARTS) is 1. The summed E-state index contributed by atoms with van der Waals surface area (Å²) in [5.74, 6) is -1.34. The number of hydrogen-bond acceptors (Lipinski definition) is 4. The van der Waals surface area contributed by atoms with Crippen molar-refractivity contribution in [3.8, 4) is 0 Å². The molecule has 1 N–H and O–H groups in total. The average molecular weight is 245 g/mol. The fourth-order valence-electron chi connectivity index (χ4n) is 1.70. The van der Waals surface area contributed by atoms with E-state index < -0.39 is 5.97 Å². The number of rotatable bonds is 8. The Balaban J connectivity index is 2.45. The molecule has 2 atom stereocenters. The summed E-state index contributed by atoms with van der Waals surface area (Å²) in [5, 5.41) is 8.74. The third-order valence-electron chi connectivity index (χ3n) is 2.63. The van der Waals surface area contributed by atoms with Crippen LogP contribution in [0.25, 0.3) is 0 Å². The Morgan fingerprint density at radius 2 is 2.18 bits per heavy atom. The van der Waals surface area contributed by atoms with Crippen LogP contribution in [-0.2, 0) is 19.1 Å². The first-order valence-corrected chi connectivity index (χ1v) is 5.71. The van der Waals surface area contributed by atoms with E-state index in [4.69, 9.17) is 14.6 Å². The maximum Gasteiger partial charge on any atom is 0.323 e. The maximum atomic E-state index is 12.0. The van der Waals surface area contributed by atoms with Crippen molar-refractivity contribution >= 4 is 11.9 Å². The van der Waals surface area contributed by atoms with Crippen LogP contribution < -0.4 is 0 Å². The molecule has 0 spiro atoms. The molecule has 6 heteroatoms. The number of ether oxygens (including phenoxy) is 2. The predicted molar refractivity (Wildman–Crippen MR) is 59.6 cm³/mol. The lowest BCUT2D eigenvalue weighted by atomic mass is 10.3. The largest absolute Gasteiger partial charge is 0.480 e. The first-order valence-electron chi connectivity index (χ1n) is 5.71. The number of methoxy groups -OCH3 is 1. The molecule has 0 saturated heterocycles. The summed E-state index contributed by atoms with van der Waals surface area (Å²) in [7, 11) is 1.52. The van der Waals surface area contributed by atoms with Gasteiger partial charge in [0.15, 0.2) is 0 Å². The highest BCUT2D eigenvalue weighted by Crippen LogP contribution is 2.35. The topological polar surface area (TPSA) is 76.1 Å². The van der Waals surface area contributed by atoms with Crippen LogP contribution >= 0.6 is 0 Å². The van der Waals surface area contributed by atoms with E-state index in [1.54, 1.807) is 0 Å². The third-order valence-corrected chi connectivity index (χ3v) is 2.63. The summed E-state index contributed by atoms with van der Waals surface area (Å²) < 4.78 is 10.2. The standard InChI is InChI=1S/C11H19NO5/c1-3-17-9-6-8(9)11(15)12(4-5-16-2)7-10(13)14/h8-9H,3-7H2,1-2H3,(H,13,14)/t8-,9+/m0/s1. The fraction of sp³-hybridized carbons (Fsp3) is 0.818. The van der Waals surface area contributed by atoms with E-state index in [0.717, 1.165) is 0 Å². The van der Waals surface area contributed by atoms with Gasteiger partial charge >= 0.3 is 5.97 Å². The van der Waals surface area contributed by atoms with Crippen molar-refractivity contribution in [2.75, 3.05) is 33.4 Å². The molecule has 98 valence electrons. The molecule has 0 bridgehead atoms. The van der Waals surface area contributed by atoms with Gasteiger partial charge in [-0.05, 0) is 13.3 Å². The number of carbonyl (C=O) groups excluding carboxylic acids is 1. The first-order chi connectivity index (χ1) is 8.10. The van der Waals surface area contributed by atoms with Crippen molar-refractivity contribution in [1.29, 1.82) is 0 Å². The van der Waals surface area contributed by atoms with Gasteiger partial charge in [0.1, 0.15) is 6.54 Å². The smallest absolute Gasteiger partial charge is 0.323 e. The Hall–Kier alpha value is -1.14. The van der Waals surface area contributed by atoms with Gasteiger partial charge in [0.05, 0.1) is 18.6 Å². The normalized spacial score (nSPS) is 22.2. The highest BCUT2D eigenvalue weighted by molar-refractivity contribution is 5.85. The van der Waals surface area contributed by atoms with Crippen molar-refractivity contribution in [2.45, 2.75) is 19.4 Å². The van der Waals surface area contributed by atoms with E-state index in [9.17, 15) is 9.59 Å². The molecule has 0 aliphatic heterocycles. The van der Waals surface area contributed by atoms with Crippen LogP contribution in [0.15, 0.2) is 0 Å². The van der Waals surface area contributed by atoms with Crippen molar-refractivity contribution in [3.05, 3.63) is 0 Å². The molecule has 1 aliphatic carbocycles. The number of amides is 1. The van der Waals surface area contributed by atoms with E-state index in [1.165, 1.54) is 12.0 Å². The van der Waals surface area contributed by atoms with Gasteiger partial charge in [-0.1, -0.05) is 0 Å². The second-order valence-corrected chi connectivity index (χ2v) is 3.98. The summed E-state index contributed by atoms with van der Waals surface area (Å²) >= 11 is 0. The van der Waals surface area contributed by atoms with Crippen molar-refractivity contribution in [1.82, 2.24) is 4.90 Å². The molecule has 1 amide bonds. The van der Waals surface area contributed by atoms with Crippen LogP contribution in [0.5, 0.6) is 0 Å². The van der Waals surface area contributed by atoms with Crippen molar-refractivity contribution in [2.24, 2.45) is 5.92 Å². The Morgan fingerprint density at radius 1 is 1.47 bits per heavy atom. The Labute approximate surface area is 100 Å². The molecule has 0 unspecified atom stereocenters. The van der Waals surface area contributed by atoms with Crippen LogP contribution in [-0.4, -0.2) is 61.4 Å². The van der Waals surface area contributed by atoms with Crippen molar-refractivity contribution in [3.63, 3.8) is 0 Å². The number of nitrogens with zero attached hydrogens (tertiary/aromatic N) is 1. The molecule has 0 heterocycles. The molecule has 1 rings (SSSR count). The minimum Gasteiger partial charge on any atom is -0.480 e. The van der Waals surface area contributed by atoms with Crippen LogP contribution in [0.3, 0.4) is 0 Å². The summed E-state index contributed by atoms with van der Waals surface area (Å²) in [5.41, 5.74) is 0. The first kappa shape index (κ1) is 13.9. The van der Waals surface area contributed by atoms with Gasteiger partial charge in [-0.15, -0.1) is 0 Å². The number of aliphatic carboxylic acids is 1. The minimum absolute atomic E-state index is 0.0358. The highest BCUT2D eigenvalue weighted by Gasteiger charge is 2.46. The Bertz CT molecular complexity index is 281. The molecule has 0 aromatic heterocycles. The lowest BCUT2D eigenvalue weighted by Gasteiger charge is -2.20. The zero-order valence-corrected chi connectivity index (χ0v) is 10.2. The average Bonchev–Trinajstić information content (AvgIpc) is 3.02. The van der Waals surface area contributed by atoms with Crippen LogP contribution in [0.1, 0.15) is 13.3 Å². The van der Waals surface area contributed by atoms with Crippen LogP contribution in [0, 0.1) is 5.92 Å². The molecule has 1 aliphatic rings. The van der Waals surface area contributed by atoms with Gasteiger partial charge in [0, 0.05) is 20.3 Å². The summed E-state index contributed by atoms with van der Waals surface area (Å²) in [6, 6.07) is 0. The number of carboxylic acids is 1. The van der Waals surface area contributed by atoms with E-state index in [2.05, 4.69) is 0 Å². The maximum absolute atomic E-state index is 12.0. The van der Waals surface area contributed by atoms with E-state index >= 15 is 0 Å². The number of carbonyl (C=O) groups is 2. The van der Waals surface area contributed by atoms with Gasteiger partial charge in [-0.25, -0.2) is 0 Å². The van der Waals surface area contributed by atoms with Gasteiger partial charge < -0.3 is 19.5 Å². The molecule has 0 aromatic rings. The van der Waals surface area contributed by atoms with Crippen LogP contribution in [0.2, 0.25) is 0 Å². The van der Waals surface area contributed by atoms with Gasteiger partial charge in [0.25, 0.3) is 0 Å². The predicted octanol–water partition coefficient (Wildman–Crippen LogP) is -0.0290. The summed E-state index contributed by atoms with van der Waals surface area (Å²) in [4.78, 5) is 23.9. The van der Waals surface area contributed by atoms with E-state index in [-0.39, 0.29) is 24.5 Å². The molecule has 0 radical (unpaired) electrons. The molecule has 1 fully saturated rings. The molecular weight excluding hydrogens is 226 g/mol. The van der Waals surface area contributed by atoms with Crippen LogP contribution in [0.4, 0.5) is 0 Å². The monoisotopic (exact) mass is 245 g/mol. The molecular formula is C11H19NO5. The number of hydrogen-bond donors (Lipinski definition) is 1. The minimum atomic E-state index is -1.01. The molecule has 1 saturated carbocycles. The molecule has 6 nitrogen and oxygen atoms in total. The SMILES string of the molecule is CCO[C@@H]1C[C@@H]1C(=O)N(CCOC)CC(=O)O. The second kappa shape index (κ2) is 6.56. The zero-order valence-electron chi connectivity index (χ0n) is 10.2. The second-order valence-electron chi connectivity index (χ2n) is 3.98. The van der Waals surface area contributed by atoms with Gasteiger partial charge in [0.2, 0.25) is 5.91 Å². The Kier molecular flexibility index (Phi) is 5.37. The molecule has 17 heavy (non-hydrogen) atoms. The van der Waals surface area contributed by atoms with E-state index in [1.807, 2.05) is 6.92 Å². The quantitative estimate of drug-likeness (QED) is 0.650. The van der Waals surface area contributed by atoms with Gasteiger partial charge in [-0.3, -0.25) is 9.59 Å². The fourth-order valence-corrected chi connectivity index (χ4v) is 1.70. The highest BCUT2D eigenvalue weighted by atomic mass is 16.5. The summed E-state index contributed by atoms with van der Waals surface area (Å²) in [6.45, 7) is 2.81. The molecule has 0 aromatic carbocycles. The van der Waals surface area contributed by atoms with E-state index in [0.29, 0.717) is 26.2 Å². The summed E-state index contributed by atoms with van der Waals surface area (Å²) in [6.07, 6.45) is 0.654. The lowest BCUT2D eigenvalue weighted by Crippen LogP contribution is -2.39. The van der Waals surface area contributed by atoms with Gasteiger partial charge in [-0.2, -0.15) is 0 Å². The lowest BCUT2D eigenvalue weighted by molar-refractivity contribution is -0.145. The zero-order chi connectivity index (χ0) is 12.8.